The predicted molar refractivity (Wildman–Crippen MR) is 111 cm³/mol. The molecule has 0 N–H and O–H groups in total. The van der Waals surface area contributed by atoms with E-state index in [1.54, 1.807) is 0 Å². The van der Waals surface area contributed by atoms with Gasteiger partial charge in [-0.05, 0) is 54.8 Å². The Labute approximate surface area is 172 Å². The van der Waals surface area contributed by atoms with Gasteiger partial charge in [-0.1, -0.05) is 60.8 Å². The molecule has 7 atom stereocenters. The highest BCUT2D eigenvalue weighted by Gasteiger charge is 2.59. The van der Waals surface area contributed by atoms with Crippen molar-refractivity contribution in [3.63, 3.8) is 0 Å². The Morgan fingerprint density at radius 3 is 2.57 bits per heavy atom. The van der Waals surface area contributed by atoms with Crippen LogP contribution in [0.3, 0.4) is 0 Å². The Morgan fingerprint density at radius 1 is 1.18 bits per heavy atom. The Bertz CT molecular complexity index is 539. The van der Waals surface area contributed by atoms with Gasteiger partial charge in [-0.15, -0.1) is 0 Å². The lowest BCUT2D eigenvalue weighted by atomic mass is 9.45. The Kier molecular flexibility index (Phi) is 6.81. The molecular weight excluding hydrogens is 352 g/mol. The first kappa shape index (κ1) is 22.1. The highest BCUT2D eigenvalue weighted by Crippen LogP contribution is 2.62. The summed E-state index contributed by atoms with van der Waals surface area (Å²) in [5.41, 5.74) is 0.349. The second kappa shape index (κ2) is 8.63. The fourth-order valence-corrected chi connectivity index (χ4v) is 6.65. The Hall–Kier alpha value is -0.610. The zero-order chi connectivity index (χ0) is 20.5. The highest BCUT2D eigenvalue weighted by atomic mass is 17.2. The molecule has 4 nitrogen and oxygen atoms in total. The Balaban J connectivity index is 1.85. The second-order valence-electron chi connectivity index (χ2n) is 10.8. The predicted octanol–water partition coefficient (Wildman–Crippen LogP) is 5.93. The van der Waals surface area contributed by atoms with E-state index >= 15 is 0 Å². The lowest BCUT2D eigenvalue weighted by Crippen LogP contribution is -2.59. The summed E-state index contributed by atoms with van der Waals surface area (Å²) >= 11 is 0. The number of ether oxygens (including phenoxy) is 1. The van der Waals surface area contributed by atoms with E-state index in [-0.39, 0.29) is 17.5 Å². The maximum absolute atomic E-state index is 12.8. The molecule has 3 rings (SSSR count). The number of rotatable bonds is 6. The van der Waals surface area contributed by atoms with Crippen LogP contribution >= 0.6 is 0 Å². The third kappa shape index (κ3) is 4.14. The maximum atomic E-state index is 12.8. The van der Waals surface area contributed by atoms with E-state index in [4.69, 9.17) is 14.5 Å². The highest BCUT2D eigenvalue weighted by molar-refractivity contribution is 5.75. The minimum atomic E-state index is -0.545. The van der Waals surface area contributed by atoms with Gasteiger partial charge in [0.1, 0.15) is 6.10 Å². The van der Waals surface area contributed by atoms with Crippen LogP contribution in [0.1, 0.15) is 92.9 Å². The van der Waals surface area contributed by atoms with E-state index in [2.05, 4.69) is 41.5 Å². The zero-order valence-electron chi connectivity index (χ0n) is 19.0. The quantitative estimate of drug-likeness (QED) is 0.413. The molecule has 1 aliphatic heterocycles. The summed E-state index contributed by atoms with van der Waals surface area (Å²) in [6.45, 7) is 14.9. The van der Waals surface area contributed by atoms with Crippen LogP contribution in [0.4, 0.5) is 0 Å². The van der Waals surface area contributed by atoms with Crippen LogP contribution in [0.15, 0.2) is 0 Å². The lowest BCUT2D eigenvalue weighted by Gasteiger charge is -2.61. The van der Waals surface area contributed by atoms with Crippen molar-refractivity contribution >= 4 is 5.97 Å². The molecular formula is C24H42O4. The number of hydrogen-bond donors (Lipinski definition) is 0. The second-order valence-corrected chi connectivity index (χ2v) is 10.8. The number of esters is 1. The van der Waals surface area contributed by atoms with Crippen LogP contribution in [0.2, 0.25) is 0 Å². The van der Waals surface area contributed by atoms with E-state index in [0.717, 1.165) is 18.8 Å². The molecule has 0 aromatic carbocycles. The summed E-state index contributed by atoms with van der Waals surface area (Å²) in [6.07, 6.45) is 8.45. The SMILES string of the molecule is CC[C@@H](C)CC[C@H]1[C@@H](C)CC[C@H]2C(C)(C)CCC(OC(=O)C3CCOO3)[C@]12C. The van der Waals surface area contributed by atoms with Crippen molar-refractivity contribution in [2.24, 2.45) is 34.5 Å². The number of fused-ring (bicyclic) bond motifs is 1. The average molecular weight is 395 g/mol. The standard InChI is InChI=1S/C24H42O4/c1-7-16(2)8-10-18-17(3)9-11-20-23(4,5)14-12-21(24(18,20)6)27-22(25)19-13-15-26-28-19/h16-21H,7-15H2,1-6H3/t16-,17+,18+,19?,20+,21?,24-/m1/s1. The van der Waals surface area contributed by atoms with Crippen LogP contribution in [0.5, 0.6) is 0 Å². The smallest absolute Gasteiger partial charge is 0.339 e. The molecule has 0 radical (unpaired) electrons. The molecule has 3 fully saturated rings. The molecule has 0 aromatic heterocycles. The van der Waals surface area contributed by atoms with Crippen LogP contribution in [0.25, 0.3) is 0 Å². The monoisotopic (exact) mass is 394 g/mol. The molecule has 28 heavy (non-hydrogen) atoms. The van der Waals surface area contributed by atoms with Crippen LogP contribution in [-0.4, -0.2) is 24.8 Å². The Morgan fingerprint density at radius 2 is 1.93 bits per heavy atom. The molecule has 0 bridgehead atoms. The van der Waals surface area contributed by atoms with Crippen molar-refractivity contribution < 1.29 is 19.3 Å². The van der Waals surface area contributed by atoms with Gasteiger partial charge < -0.3 is 4.74 Å². The summed E-state index contributed by atoms with van der Waals surface area (Å²) in [5.74, 6) is 2.44. The average Bonchev–Trinajstić information content (AvgIpc) is 3.18. The summed E-state index contributed by atoms with van der Waals surface area (Å²) in [6, 6.07) is 0. The minimum Gasteiger partial charge on any atom is -0.460 e. The molecule has 2 saturated carbocycles. The first-order valence-corrected chi connectivity index (χ1v) is 11.7. The van der Waals surface area contributed by atoms with Gasteiger partial charge in [0.2, 0.25) is 0 Å². The molecule has 4 heteroatoms. The van der Waals surface area contributed by atoms with Crippen molar-refractivity contribution in [3.8, 4) is 0 Å². The first-order valence-electron chi connectivity index (χ1n) is 11.7. The number of hydrogen-bond acceptors (Lipinski definition) is 4. The fourth-order valence-electron chi connectivity index (χ4n) is 6.65. The van der Waals surface area contributed by atoms with Crippen molar-refractivity contribution in [1.29, 1.82) is 0 Å². The molecule has 162 valence electrons. The van der Waals surface area contributed by atoms with E-state index in [1.165, 1.54) is 32.1 Å². The third-order valence-corrected chi connectivity index (χ3v) is 8.67. The molecule has 0 spiro atoms. The number of carbonyl (C=O) groups excluding carboxylic acids is 1. The van der Waals surface area contributed by atoms with Crippen molar-refractivity contribution in [1.82, 2.24) is 0 Å². The van der Waals surface area contributed by atoms with Crippen molar-refractivity contribution in [2.45, 2.75) is 105 Å². The van der Waals surface area contributed by atoms with Gasteiger partial charge in [-0.3, -0.25) is 0 Å². The summed E-state index contributed by atoms with van der Waals surface area (Å²) in [4.78, 5) is 22.8. The van der Waals surface area contributed by atoms with Gasteiger partial charge >= 0.3 is 5.97 Å². The zero-order valence-corrected chi connectivity index (χ0v) is 19.0. The molecule has 1 heterocycles. The normalized spacial score (nSPS) is 41.3. The molecule has 2 aliphatic carbocycles. The van der Waals surface area contributed by atoms with E-state index in [0.29, 0.717) is 36.2 Å². The fraction of sp³-hybridized carbons (Fsp3) is 0.958. The van der Waals surface area contributed by atoms with E-state index < -0.39 is 6.10 Å². The lowest BCUT2D eigenvalue weighted by molar-refractivity contribution is -0.278. The largest absolute Gasteiger partial charge is 0.460 e. The van der Waals surface area contributed by atoms with Crippen molar-refractivity contribution in [2.75, 3.05) is 6.61 Å². The summed E-state index contributed by atoms with van der Waals surface area (Å²) in [7, 11) is 0. The van der Waals surface area contributed by atoms with Crippen LogP contribution in [-0.2, 0) is 19.3 Å². The molecule has 2 unspecified atom stereocenters. The third-order valence-electron chi connectivity index (χ3n) is 8.67. The molecule has 0 aromatic rings. The van der Waals surface area contributed by atoms with Crippen LogP contribution in [0, 0.1) is 34.5 Å². The molecule has 0 amide bonds. The number of carbonyl (C=O) groups is 1. The van der Waals surface area contributed by atoms with Crippen LogP contribution < -0.4 is 0 Å². The minimum absolute atomic E-state index is 0.00749. The van der Waals surface area contributed by atoms with Gasteiger partial charge in [0.25, 0.3) is 0 Å². The van der Waals surface area contributed by atoms with Gasteiger partial charge in [0.05, 0.1) is 6.61 Å². The van der Waals surface area contributed by atoms with Crippen molar-refractivity contribution in [3.05, 3.63) is 0 Å². The van der Waals surface area contributed by atoms with Gasteiger partial charge in [0, 0.05) is 11.8 Å². The maximum Gasteiger partial charge on any atom is 0.339 e. The summed E-state index contributed by atoms with van der Waals surface area (Å²) < 4.78 is 6.21. The van der Waals surface area contributed by atoms with Gasteiger partial charge in [-0.2, -0.15) is 0 Å². The summed E-state index contributed by atoms with van der Waals surface area (Å²) in [5, 5.41) is 0. The van der Waals surface area contributed by atoms with Gasteiger partial charge in [-0.25, -0.2) is 14.6 Å². The molecule has 1 saturated heterocycles. The van der Waals surface area contributed by atoms with Gasteiger partial charge in [0.15, 0.2) is 6.10 Å². The topological polar surface area (TPSA) is 44.8 Å². The molecule has 3 aliphatic rings. The van der Waals surface area contributed by atoms with E-state index in [9.17, 15) is 4.79 Å². The first-order chi connectivity index (χ1) is 13.2. The van der Waals surface area contributed by atoms with E-state index in [1.807, 2.05) is 0 Å².